The van der Waals surface area contributed by atoms with Crippen LogP contribution in [0.2, 0.25) is 5.02 Å². The maximum absolute atomic E-state index is 12.9. The first-order valence-electron chi connectivity index (χ1n) is 11.3. The van der Waals surface area contributed by atoms with Gasteiger partial charge in [-0.15, -0.1) is 11.3 Å². The number of furan rings is 1. The van der Waals surface area contributed by atoms with Gasteiger partial charge in [-0.2, -0.15) is 0 Å². The van der Waals surface area contributed by atoms with Crippen LogP contribution in [0.5, 0.6) is 0 Å². The van der Waals surface area contributed by atoms with Gasteiger partial charge < -0.3 is 14.6 Å². The maximum atomic E-state index is 12.9. The Morgan fingerprint density at radius 2 is 1.94 bits per heavy atom. The second-order valence-corrected chi connectivity index (χ2v) is 10.2. The molecule has 5 nitrogen and oxygen atoms in total. The number of aryl methyl sites for hydroxylation is 1. The van der Waals surface area contributed by atoms with Crippen LogP contribution in [-0.4, -0.2) is 48.9 Å². The molecule has 168 valence electrons. The number of amides is 1. The van der Waals surface area contributed by atoms with Gasteiger partial charge in [0.25, 0.3) is 5.91 Å². The van der Waals surface area contributed by atoms with E-state index < -0.39 is 0 Å². The highest BCUT2D eigenvalue weighted by Crippen LogP contribution is 2.46. The van der Waals surface area contributed by atoms with Gasteiger partial charge in [-0.05, 0) is 68.1 Å². The van der Waals surface area contributed by atoms with Gasteiger partial charge in [-0.3, -0.25) is 9.69 Å². The molecule has 1 fully saturated rings. The summed E-state index contributed by atoms with van der Waals surface area (Å²) in [6.45, 7) is 4.00. The summed E-state index contributed by atoms with van der Waals surface area (Å²) in [5.41, 5.74) is 3.85. The summed E-state index contributed by atoms with van der Waals surface area (Å²) in [4.78, 5) is 19.3. The highest BCUT2D eigenvalue weighted by Gasteiger charge is 2.33. The van der Waals surface area contributed by atoms with Crippen molar-refractivity contribution in [2.45, 2.75) is 31.7 Å². The number of hydrogen-bond donors (Lipinski definition) is 1. The normalized spacial score (nSPS) is 18.3. The molecule has 1 N–H and O–H groups in total. The zero-order valence-electron chi connectivity index (χ0n) is 18.3. The number of piperazine rings is 1. The third-order valence-corrected chi connectivity index (χ3v) is 7.98. The predicted octanol–water partition coefficient (Wildman–Crippen LogP) is 5.46. The topological polar surface area (TPSA) is 48.7 Å². The molecule has 3 heterocycles. The van der Waals surface area contributed by atoms with Gasteiger partial charge in [0.2, 0.25) is 0 Å². The monoisotopic (exact) mass is 469 g/mol. The second-order valence-electron chi connectivity index (χ2n) is 8.68. The first-order valence-corrected chi connectivity index (χ1v) is 12.5. The Morgan fingerprint density at radius 1 is 1.12 bits per heavy atom. The lowest BCUT2D eigenvalue weighted by atomic mass is 9.88. The van der Waals surface area contributed by atoms with Crippen LogP contribution in [0.25, 0.3) is 0 Å². The van der Waals surface area contributed by atoms with E-state index >= 15 is 0 Å². The molecule has 7 heteroatoms. The summed E-state index contributed by atoms with van der Waals surface area (Å²) in [6, 6.07) is 11.7. The van der Waals surface area contributed by atoms with E-state index in [4.69, 9.17) is 16.0 Å². The molecule has 2 aromatic heterocycles. The van der Waals surface area contributed by atoms with Crippen molar-refractivity contribution >= 4 is 33.8 Å². The van der Waals surface area contributed by atoms with Crippen molar-refractivity contribution < 1.29 is 9.21 Å². The number of benzene rings is 1. The molecule has 1 atom stereocenters. The van der Waals surface area contributed by atoms with E-state index in [0.717, 1.165) is 49.0 Å². The summed E-state index contributed by atoms with van der Waals surface area (Å²) in [5.74, 6) is 0.138. The van der Waals surface area contributed by atoms with Gasteiger partial charge in [-0.25, -0.2) is 0 Å². The summed E-state index contributed by atoms with van der Waals surface area (Å²) >= 11 is 8.18. The summed E-state index contributed by atoms with van der Waals surface area (Å²) in [6.07, 6.45) is 6.06. The van der Waals surface area contributed by atoms with E-state index in [2.05, 4.69) is 34.3 Å². The minimum Gasteiger partial charge on any atom is -0.459 e. The molecule has 0 radical (unpaired) electrons. The molecule has 2 aliphatic rings. The van der Waals surface area contributed by atoms with Crippen molar-refractivity contribution in [1.29, 1.82) is 0 Å². The molecule has 1 aliphatic carbocycles. The van der Waals surface area contributed by atoms with Crippen molar-refractivity contribution in [3.05, 3.63) is 75.0 Å². The number of nitrogens with one attached hydrogen (secondary N) is 1. The van der Waals surface area contributed by atoms with Crippen molar-refractivity contribution in [3.8, 4) is 0 Å². The lowest BCUT2D eigenvalue weighted by Gasteiger charge is -2.39. The maximum Gasteiger partial charge on any atom is 0.291 e. The van der Waals surface area contributed by atoms with Crippen LogP contribution in [0, 0.1) is 0 Å². The number of anilines is 1. The Kier molecular flexibility index (Phi) is 6.37. The molecule has 0 unspecified atom stereocenters. The second kappa shape index (κ2) is 9.40. The summed E-state index contributed by atoms with van der Waals surface area (Å²) < 4.78 is 5.36. The quantitative estimate of drug-likeness (QED) is 0.538. The standard InChI is InChI=1S/C25H28ClN3O2S/c1-28-11-13-29(14-12-28)23(17-6-4-7-18(26)16-17)22-19-8-2-3-10-21(19)32-25(22)27-24(30)20-9-5-15-31-20/h4-7,9,15-16,23H,2-3,8,10-14H2,1H3,(H,27,30)/t23-/m1/s1. The van der Waals surface area contributed by atoms with Gasteiger partial charge in [0.05, 0.1) is 12.3 Å². The van der Waals surface area contributed by atoms with E-state index in [1.807, 2.05) is 12.1 Å². The molecule has 1 amide bonds. The Bertz CT molecular complexity index is 1090. The van der Waals surface area contributed by atoms with Crippen LogP contribution in [0.3, 0.4) is 0 Å². The molecule has 1 aliphatic heterocycles. The fourth-order valence-electron chi connectivity index (χ4n) is 4.86. The Labute approximate surface area is 198 Å². The average molecular weight is 470 g/mol. The van der Waals surface area contributed by atoms with Crippen molar-refractivity contribution in [2.75, 3.05) is 38.5 Å². The van der Waals surface area contributed by atoms with E-state index in [-0.39, 0.29) is 11.9 Å². The number of likely N-dealkylation sites (N-methyl/N-ethyl adjacent to an activating group) is 1. The highest BCUT2D eigenvalue weighted by atomic mass is 35.5. The van der Waals surface area contributed by atoms with E-state index in [0.29, 0.717) is 5.76 Å². The molecule has 0 spiro atoms. The number of nitrogens with zero attached hydrogens (tertiary/aromatic N) is 2. The van der Waals surface area contributed by atoms with Crippen molar-refractivity contribution in [2.24, 2.45) is 0 Å². The summed E-state index contributed by atoms with van der Waals surface area (Å²) in [5, 5.41) is 4.89. The zero-order chi connectivity index (χ0) is 22.1. The van der Waals surface area contributed by atoms with Crippen LogP contribution in [0.4, 0.5) is 5.00 Å². The van der Waals surface area contributed by atoms with Crippen LogP contribution in [-0.2, 0) is 12.8 Å². The van der Waals surface area contributed by atoms with Gasteiger partial charge in [-0.1, -0.05) is 23.7 Å². The molecular formula is C25H28ClN3O2S. The van der Waals surface area contributed by atoms with Gasteiger partial charge >= 0.3 is 0 Å². The average Bonchev–Trinajstić information content (AvgIpc) is 3.44. The minimum absolute atomic E-state index is 0.0624. The first-order chi connectivity index (χ1) is 15.6. The highest BCUT2D eigenvalue weighted by molar-refractivity contribution is 7.16. The van der Waals surface area contributed by atoms with E-state index in [9.17, 15) is 4.79 Å². The number of halogens is 1. The minimum atomic E-state index is -0.196. The number of fused-ring (bicyclic) bond motifs is 1. The third-order valence-electron chi connectivity index (χ3n) is 6.53. The Morgan fingerprint density at radius 3 is 2.69 bits per heavy atom. The van der Waals surface area contributed by atoms with Crippen molar-refractivity contribution in [1.82, 2.24) is 9.80 Å². The van der Waals surface area contributed by atoms with Crippen LogP contribution in [0.1, 0.15) is 51.0 Å². The molecule has 0 saturated carbocycles. The fraction of sp³-hybridized carbons (Fsp3) is 0.400. The smallest absolute Gasteiger partial charge is 0.291 e. The van der Waals surface area contributed by atoms with Gasteiger partial charge in [0, 0.05) is 41.6 Å². The summed E-state index contributed by atoms with van der Waals surface area (Å²) in [7, 11) is 2.17. The Hall–Kier alpha value is -2.12. The van der Waals surface area contributed by atoms with E-state index in [1.165, 1.54) is 40.7 Å². The largest absolute Gasteiger partial charge is 0.459 e. The SMILES string of the molecule is CN1CCN([C@H](c2cccc(Cl)c2)c2c(NC(=O)c3ccco3)sc3c2CCCC3)CC1. The lowest BCUT2D eigenvalue weighted by molar-refractivity contribution is 0.0996. The van der Waals surface area contributed by atoms with Crippen LogP contribution < -0.4 is 5.32 Å². The molecule has 1 aromatic carbocycles. The number of thiophene rings is 1. The van der Waals surface area contributed by atoms with Crippen molar-refractivity contribution in [3.63, 3.8) is 0 Å². The van der Waals surface area contributed by atoms with E-state index in [1.54, 1.807) is 23.5 Å². The predicted molar refractivity (Wildman–Crippen MR) is 130 cm³/mol. The molecule has 32 heavy (non-hydrogen) atoms. The Balaban J connectivity index is 1.61. The molecule has 3 aromatic rings. The number of rotatable bonds is 5. The molecule has 1 saturated heterocycles. The zero-order valence-corrected chi connectivity index (χ0v) is 19.8. The molecule has 5 rings (SSSR count). The molecule has 0 bridgehead atoms. The first kappa shape index (κ1) is 21.7. The van der Waals surface area contributed by atoms with Crippen LogP contribution in [0.15, 0.2) is 47.1 Å². The fourth-order valence-corrected chi connectivity index (χ4v) is 6.38. The van der Waals surface area contributed by atoms with Crippen LogP contribution >= 0.6 is 22.9 Å². The number of carbonyl (C=O) groups excluding carboxylic acids is 1. The number of hydrogen-bond acceptors (Lipinski definition) is 5. The lowest BCUT2D eigenvalue weighted by Crippen LogP contribution is -2.46. The third kappa shape index (κ3) is 4.37. The molecular weight excluding hydrogens is 442 g/mol. The number of carbonyl (C=O) groups is 1. The van der Waals surface area contributed by atoms with Gasteiger partial charge in [0.15, 0.2) is 5.76 Å². The van der Waals surface area contributed by atoms with Gasteiger partial charge in [0.1, 0.15) is 5.00 Å².